The first-order chi connectivity index (χ1) is 25.3. The maximum atomic E-state index is 12.6. The molecule has 1 aliphatic rings. The summed E-state index contributed by atoms with van der Waals surface area (Å²) in [5.41, 5.74) is 7.74. The molecule has 1 saturated heterocycles. The van der Waals surface area contributed by atoms with Crippen LogP contribution < -0.4 is 10.6 Å². The molecule has 0 spiro atoms. The lowest BCUT2D eigenvalue weighted by molar-refractivity contribution is -0.276. The molecule has 5 aromatic carbocycles. The van der Waals surface area contributed by atoms with Gasteiger partial charge in [0.05, 0.1) is 24.9 Å². The molecular formula is C44H49N3O5. The van der Waals surface area contributed by atoms with Crippen molar-refractivity contribution < 1.29 is 24.5 Å². The summed E-state index contributed by atoms with van der Waals surface area (Å²) in [6.45, 7) is 5.60. The van der Waals surface area contributed by atoms with E-state index in [9.17, 15) is 15.0 Å². The number of nitrogens with zero attached hydrogens (tertiary/aromatic N) is 1. The Kier molecular flexibility index (Phi) is 12.5. The highest BCUT2D eigenvalue weighted by Crippen LogP contribution is 2.42. The molecule has 2 amide bonds. The number of hydrogen-bond donors (Lipinski definition) is 4. The summed E-state index contributed by atoms with van der Waals surface area (Å²) >= 11 is 0. The van der Waals surface area contributed by atoms with Crippen LogP contribution in [0.3, 0.4) is 0 Å². The highest BCUT2D eigenvalue weighted by atomic mass is 16.7. The lowest BCUT2D eigenvalue weighted by atomic mass is 9.89. The molecule has 52 heavy (non-hydrogen) atoms. The van der Waals surface area contributed by atoms with Crippen molar-refractivity contribution in [1.82, 2.24) is 15.5 Å². The lowest BCUT2D eigenvalue weighted by Crippen LogP contribution is -2.46. The standard InChI is InChI=1S/C44H49N3O5/c1-30-40(28-47(3)31(2)41(49)35-14-8-5-9-15-35)51-43(52-42(30)36-20-18-33(29-48)19-21-36)37-24-22-34(23-25-37)39-17-11-10-16-38(39)27-46-44(50)45-26-32-12-6-4-7-13-32/h4-25,30-31,40-43,48-49H,26-29H2,1-3H3,(H2,45,46,50)/t30-,31-,40+,41-,42+,43+/m0/s1. The number of aliphatic hydroxyl groups is 2. The van der Waals surface area contributed by atoms with Gasteiger partial charge in [0.1, 0.15) is 0 Å². The predicted molar refractivity (Wildman–Crippen MR) is 204 cm³/mol. The van der Waals surface area contributed by atoms with Crippen molar-refractivity contribution in [3.8, 4) is 11.1 Å². The Balaban J connectivity index is 1.17. The smallest absolute Gasteiger partial charge is 0.315 e. The fourth-order valence-corrected chi connectivity index (χ4v) is 6.74. The number of hydrogen-bond acceptors (Lipinski definition) is 6. The number of urea groups is 1. The zero-order valence-corrected chi connectivity index (χ0v) is 30.1. The maximum Gasteiger partial charge on any atom is 0.315 e. The van der Waals surface area contributed by atoms with Crippen LogP contribution in [0.1, 0.15) is 65.7 Å². The van der Waals surface area contributed by atoms with Crippen molar-refractivity contribution in [2.24, 2.45) is 5.92 Å². The first-order valence-electron chi connectivity index (χ1n) is 18.0. The highest BCUT2D eigenvalue weighted by Gasteiger charge is 2.39. The maximum absolute atomic E-state index is 12.6. The van der Waals surface area contributed by atoms with Crippen molar-refractivity contribution in [2.75, 3.05) is 13.6 Å². The van der Waals surface area contributed by atoms with Gasteiger partial charge in [0.15, 0.2) is 6.29 Å². The van der Waals surface area contributed by atoms with Gasteiger partial charge < -0.3 is 30.3 Å². The predicted octanol–water partition coefficient (Wildman–Crippen LogP) is 7.69. The van der Waals surface area contributed by atoms with Crippen LogP contribution >= 0.6 is 0 Å². The molecule has 1 aliphatic heterocycles. The van der Waals surface area contributed by atoms with Gasteiger partial charge in [-0.1, -0.05) is 140 Å². The molecule has 0 aromatic heterocycles. The summed E-state index contributed by atoms with van der Waals surface area (Å²) < 4.78 is 13.5. The molecule has 6 rings (SSSR count). The third-order valence-corrected chi connectivity index (χ3v) is 10.1. The topological polar surface area (TPSA) is 103 Å². The van der Waals surface area contributed by atoms with Gasteiger partial charge in [-0.05, 0) is 52.9 Å². The van der Waals surface area contributed by atoms with Crippen LogP contribution in [0, 0.1) is 5.92 Å². The fraction of sp³-hybridized carbons (Fsp3) is 0.295. The van der Waals surface area contributed by atoms with Crippen LogP contribution in [0.4, 0.5) is 4.79 Å². The molecule has 0 aliphatic carbocycles. The Morgan fingerprint density at radius 1 is 0.750 bits per heavy atom. The SMILES string of the molecule is C[C@H]1[C@@H](CN(C)[C@@H](C)[C@H](O)c2ccccc2)O[C@@H](c2ccc(-c3ccccc3CNC(=O)NCc3ccccc3)cc2)O[C@H]1c1ccc(CO)cc1. The van der Waals surface area contributed by atoms with Gasteiger partial charge in [0.25, 0.3) is 0 Å². The van der Waals surface area contributed by atoms with Crippen LogP contribution in [0.5, 0.6) is 0 Å². The molecule has 0 saturated carbocycles. The number of benzene rings is 5. The molecule has 4 N–H and O–H groups in total. The van der Waals surface area contributed by atoms with E-state index < -0.39 is 12.4 Å². The number of ether oxygens (including phenoxy) is 2. The van der Waals surface area contributed by atoms with E-state index in [1.807, 2.05) is 129 Å². The summed E-state index contributed by atoms with van der Waals surface area (Å²) in [7, 11) is 2.02. The zero-order chi connectivity index (χ0) is 36.5. The molecule has 5 aromatic rings. The molecule has 270 valence electrons. The molecule has 0 unspecified atom stereocenters. The van der Waals surface area contributed by atoms with Crippen LogP contribution in [-0.4, -0.2) is 46.9 Å². The third kappa shape index (κ3) is 9.14. The summed E-state index contributed by atoms with van der Waals surface area (Å²) in [4.78, 5) is 14.7. The first-order valence-corrected chi connectivity index (χ1v) is 18.0. The van der Waals surface area contributed by atoms with E-state index in [0.717, 1.165) is 44.5 Å². The summed E-state index contributed by atoms with van der Waals surface area (Å²) in [6.07, 6.45) is -1.71. The van der Waals surface area contributed by atoms with Gasteiger partial charge in [-0.3, -0.25) is 4.90 Å². The molecular weight excluding hydrogens is 651 g/mol. The van der Waals surface area contributed by atoms with Crippen molar-refractivity contribution in [3.05, 3.63) is 167 Å². The highest BCUT2D eigenvalue weighted by molar-refractivity contribution is 5.75. The summed E-state index contributed by atoms with van der Waals surface area (Å²) in [5, 5.41) is 26.7. The monoisotopic (exact) mass is 699 g/mol. The van der Waals surface area contributed by atoms with Crippen molar-refractivity contribution in [1.29, 1.82) is 0 Å². The fourth-order valence-electron chi connectivity index (χ4n) is 6.74. The van der Waals surface area contributed by atoms with Gasteiger partial charge in [-0.25, -0.2) is 4.79 Å². The summed E-state index contributed by atoms with van der Waals surface area (Å²) in [5.74, 6) is 0.00304. The largest absolute Gasteiger partial charge is 0.392 e. The van der Waals surface area contributed by atoms with Gasteiger partial charge in [-0.2, -0.15) is 0 Å². The Morgan fingerprint density at radius 2 is 1.37 bits per heavy atom. The minimum absolute atomic E-state index is 0.00304. The van der Waals surface area contributed by atoms with E-state index in [4.69, 9.17) is 9.47 Å². The van der Waals surface area contributed by atoms with E-state index in [2.05, 4.69) is 40.7 Å². The minimum atomic E-state index is -0.645. The first kappa shape index (κ1) is 36.9. The molecule has 0 bridgehead atoms. The van der Waals surface area contributed by atoms with Crippen molar-refractivity contribution in [2.45, 2.75) is 64.2 Å². The van der Waals surface area contributed by atoms with Crippen LogP contribution in [0.2, 0.25) is 0 Å². The molecule has 0 radical (unpaired) electrons. The number of carbonyl (C=O) groups is 1. The normalized spacial score (nSPS) is 19.9. The van der Waals surface area contributed by atoms with E-state index in [1.54, 1.807) is 0 Å². The van der Waals surface area contributed by atoms with E-state index in [-0.39, 0.29) is 36.8 Å². The Morgan fingerprint density at radius 3 is 2.06 bits per heavy atom. The second-order valence-electron chi connectivity index (χ2n) is 13.7. The number of carbonyl (C=O) groups excluding carboxylic acids is 1. The molecule has 8 heteroatoms. The van der Waals surface area contributed by atoms with Crippen LogP contribution in [0.15, 0.2) is 133 Å². The van der Waals surface area contributed by atoms with Gasteiger partial charge >= 0.3 is 6.03 Å². The number of aliphatic hydroxyl groups excluding tert-OH is 2. The molecule has 1 fully saturated rings. The van der Waals surface area contributed by atoms with Crippen molar-refractivity contribution >= 4 is 6.03 Å². The van der Waals surface area contributed by atoms with E-state index in [0.29, 0.717) is 19.6 Å². The minimum Gasteiger partial charge on any atom is -0.392 e. The van der Waals surface area contributed by atoms with Crippen LogP contribution in [0.25, 0.3) is 11.1 Å². The Labute approximate surface area is 307 Å². The quantitative estimate of drug-likeness (QED) is 0.101. The Bertz CT molecular complexity index is 1850. The zero-order valence-electron chi connectivity index (χ0n) is 30.1. The molecule has 8 nitrogen and oxygen atoms in total. The summed E-state index contributed by atoms with van der Waals surface area (Å²) in [6, 6.07) is 43.4. The average molecular weight is 700 g/mol. The number of nitrogens with one attached hydrogen (secondary N) is 2. The Hall–Kier alpha value is -4.83. The van der Waals surface area contributed by atoms with Gasteiger partial charge in [-0.15, -0.1) is 0 Å². The van der Waals surface area contributed by atoms with Gasteiger partial charge in [0.2, 0.25) is 0 Å². The van der Waals surface area contributed by atoms with E-state index >= 15 is 0 Å². The number of likely N-dealkylation sites (N-methyl/N-ethyl adjacent to an activating group) is 1. The van der Waals surface area contributed by atoms with Crippen molar-refractivity contribution in [3.63, 3.8) is 0 Å². The molecule has 1 heterocycles. The second-order valence-corrected chi connectivity index (χ2v) is 13.7. The average Bonchev–Trinajstić information content (AvgIpc) is 3.20. The molecule has 6 atom stereocenters. The van der Waals surface area contributed by atoms with E-state index in [1.165, 1.54) is 0 Å². The second kappa shape index (κ2) is 17.6. The lowest BCUT2D eigenvalue weighted by Gasteiger charge is -2.43. The van der Waals surface area contributed by atoms with Crippen LogP contribution in [-0.2, 0) is 29.2 Å². The third-order valence-electron chi connectivity index (χ3n) is 10.1. The number of amides is 2. The number of rotatable bonds is 13. The van der Waals surface area contributed by atoms with Gasteiger partial charge in [0, 0.05) is 37.2 Å².